The van der Waals surface area contributed by atoms with Gasteiger partial charge in [-0.15, -0.1) is 0 Å². The molecule has 0 saturated carbocycles. The van der Waals surface area contributed by atoms with E-state index in [1.165, 1.54) is 0 Å². The molecular formula is C14H16BrF3N2O. The lowest BCUT2D eigenvalue weighted by Gasteiger charge is -2.29. The van der Waals surface area contributed by atoms with Gasteiger partial charge >= 0.3 is 6.18 Å². The predicted molar refractivity (Wildman–Crippen MR) is 76.3 cm³/mol. The van der Waals surface area contributed by atoms with Crippen molar-refractivity contribution in [3.8, 4) is 0 Å². The van der Waals surface area contributed by atoms with Gasteiger partial charge in [-0.2, -0.15) is 13.2 Å². The fourth-order valence-corrected chi connectivity index (χ4v) is 2.74. The Labute approximate surface area is 129 Å². The zero-order valence-corrected chi connectivity index (χ0v) is 13.3. The molecule has 1 aliphatic heterocycles. The quantitative estimate of drug-likeness (QED) is 0.892. The molecule has 1 aromatic rings. The van der Waals surface area contributed by atoms with Crippen LogP contribution >= 0.6 is 15.9 Å². The van der Waals surface area contributed by atoms with Crippen LogP contribution < -0.4 is 5.43 Å². The summed E-state index contributed by atoms with van der Waals surface area (Å²) in [7, 11) is 0. The second-order valence-corrected chi connectivity index (χ2v) is 6.76. The van der Waals surface area contributed by atoms with Gasteiger partial charge in [0.25, 0.3) is 0 Å². The van der Waals surface area contributed by atoms with Gasteiger partial charge in [0.15, 0.2) is 0 Å². The van der Waals surface area contributed by atoms with Gasteiger partial charge in [-0.25, -0.2) is 5.01 Å². The summed E-state index contributed by atoms with van der Waals surface area (Å²) < 4.78 is 40.7. The van der Waals surface area contributed by atoms with Crippen LogP contribution in [0.1, 0.15) is 19.4 Å². The number of rotatable bonds is 3. The molecule has 1 unspecified atom stereocenters. The molecule has 3 nitrogen and oxygen atoms in total. The third-order valence-electron chi connectivity index (χ3n) is 3.50. The molecule has 1 fully saturated rings. The number of halogens is 4. The van der Waals surface area contributed by atoms with E-state index in [1.807, 2.05) is 0 Å². The van der Waals surface area contributed by atoms with Crippen molar-refractivity contribution in [2.45, 2.75) is 32.5 Å². The molecule has 1 amide bonds. The molecule has 1 saturated heterocycles. The smallest absolute Gasteiger partial charge is 0.288 e. The number of benzene rings is 1. The van der Waals surface area contributed by atoms with E-state index >= 15 is 0 Å². The summed E-state index contributed by atoms with van der Waals surface area (Å²) in [5.41, 5.74) is 2.09. The first-order valence-electron chi connectivity index (χ1n) is 6.48. The van der Waals surface area contributed by atoms with Crippen LogP contribution in [0.4, 0.5) is 13.2 Å². The number of hydrogen-bond donors (Lipinski definition) is 1. The standard InChI is InChI=1S/C14H16BrF3N2O/c1-13(2)8-20(19-12(13)21)11(14(16,17)18)7-9-4-3-5-10(15)6-9/h3-6,11H,7-8H2,1-2H3,(H,19,21). The highest BCUT2D eigenvalue weighted by Gasteiger charge is 2.50. The fourth-order valence-electron chi connectivity index (χ4n) is 2.30. The maximum atomic E-state index is 13.3. The average Bonchev–Trinajstić information content (AvgIpc) is 2.59. The normalized spacial score (nSPS) is 20.4. The summed E-state index contributed by atoms with van der Waals surface area (Å²) in [6.07, 6.45) is -4.63. The number of nitrogens with zero attached hydrogens (tertiary/aromatic N) is 1. The minimum atomic E-state index is -4.42. The third kappa shape index (κ3) is 3.77. The molecular weight excluding hydrogens is 349 g/mol. The molecule has 2 rings (SSSR count). The topological polar surface area (TPSA) is 32.3 Å². The van der Waals surface area contributed by atoms with Crippen molar-refractivity contribution >= 4 is 21.8 Å². The lowest BCUT2D eigenvalue weighted by molar-refractivity contribution is -0.188. The molecule has 1 aliphatic rings. The summed E-state index contributed by atoms with van der Waals surface area (Å²) >= 11 is 3.25. The Morgan fingerprint density at radius 1 is 1.43 bits per heavy atom. The van der Waals surface area contributed by atoms with Gasteiger partial charge in [0.2, 0.25) is 5.91 Å². The Balaban J connectivity index is 2.23. The Bertz CT molecular complexity index is 545. The van der Waals surface area contributed by atoms with Gasteiger partial charge < -0.3 is 0 Å². The van der Waals surface area contributed by atoms with E-state index in [4.69, 9.17) is 0 Å². The predicted octanol–water partition coefficient (Wildman–Crippen LogP) is 3.30. The zero-order valence-electron chi connectivity index (χ0n) is 11.7. The zero-order chi connectivity index (χ0) is 15.8. The van der Waals surface area contributed by atoms with Crippen LogP contribution in [0.25, 0.3) is 0 Å². The highest BCUT2D eigenvalue weighted by molar-refractivity contribution is 9.10. The third-order valence-corrected chi connectivity index (χ3v) is 3.99. The molecule has 1 N–H and O–H groups in total. The first-order chi connectivity index (χ1) is 9.59. The van der Waals surface area contributed by atoms with Crippen molar-refractivity contribution in [3.63, 3.8) is 0 Å². The molecule has 116 valence electrons. The van der Waals surface area contributed by atoms with Crippen molar-refractivity contribution in [1.82, 2.24) is 10.4 Å². The summed E-state index contributed by atoms with van der Waals surface area (Å²) in [6.45, 7) is 3.30. The summed E-state index contributed by atoms with van der Waals surface area (Å²) in [5.74, 6) is -0.383. The number of amides is 1. The van der Waals surface area contributed by atoms with E-state index in [-0.39, 0.29) is 18.9 Å². The molecule has 0 aliphatic carbocycles. The number of hydrazine groups is 1. The van der Waals surface area contributed by atoms with E-state index < -0.39 is 17.6 Å². The maximum absolute atomic E-state index is 13.3. The lowest BCUT2D eigenvalue weighted by atomic mass is 9.94. The van der Waals surface area contributed by atoms with E-state index in [0.29, 0.717) is 5.56 Å². The van der Waals surface area contributed by atoms with Crippen molar-refractivity contribution in [3.05, 3.63) is 34.3 Å². The van der Waals surface area contributed by atoms with E-state index in [2.05, 4.69) is 21.4 Å². The fraction of sp³-hybridized carbons (Fsp3) is 0.500. The minimum absolute atomic E-state index is 0.0318. The second-order valence-electron chi connectivity index (χ2n) is 5.84. The van der Waals surface area contributed by atoms with Gasteiger partial charge in [-0.1, -0.05) is 28.1 Å². The van der Waals surface area contributed by atoms with Crippen LogP contribution in [0.3, 0.4) is 0 Å². The molecule has 1 atom stereocenters. The van der Waals surface area contributed by atoms with Gasteiger partial charge in [0, 0.05) is 11.0 Å². The van der Waals surface area contributed by atoms with Crippen LogP contribution in [0.5, 0.6) is 0 Å². The summed E-state index contributed by atoms with van der Waals surface area (Å²) in [4.78, 5) is 11.7. The highest BCUT2D eigenvalue weighted by atomic mass is 79.9. The van der Waals surface area contributed by atoms with Crippen LogP contribution in [0.2, 0.25) is 0 Å². The Hall–Kier alpha value is -1.08. The maximum Gasteiger partial charge on any atom is 0.406 e. The molecule has 21 heavy (non-hydrogen) atoms. The van der Waals surface area contributed by atoms with E-state index in [0.717, 1.165) is 9.48 Å². The van der Waals surface area contributed by atoms with Gasteiger partial charge in [-0.05, 0) is 38.0 Å². The van der Waals surface area contributed by atoms with Crippen molar-refractivity contribution in [2.24, 2.45) is 5.41 Å². The molecule has 0 spiro atoms. The van der Waals surface area contributed by atoms with Gasteiger partial charge in [0.05, 0.1) is 5.41 Å². The van der Waals surface area contributed by atoms with Gasteiger partial charge in [-0.3, -0.25) is 10.2 Å². The number of hydrogen-bond acceptors (Lipinski definition) is 2. The molecule has 0 bridgehead atoms. The van der Waals surface area contributed by atoms with Crippen molar-refractivity contribution < 1.29 is 18.0 Å². The van der Waals surface area contributed by atoms with Crippen LogP contribution in [0.15, 0.2) is 28.7 Å². The van der Waals surface area contributed by atoms with Crippen LogP contribution in [-0.2, 0) is 11.2 Å². The summed E-state index contributed by atoms with van der Waals surface area (Å²) in [5, 5.41) is 1.00. The largest absolute Gasteiger partial charge is 0.406 e. The molecule has 1 heterocycles. The Morgan fingerprint density at radius 2 is 2.10 bits per heavy atom. The van der Waals surface area contributed by atoms with Crippen molar-refractivity contribution in [2.75, 3.05) is 6.54 Å². The second kappa shape index (κ2) is 5.61. The summed E-state index contributed by atoms with van der Waals surface area (Å²) in [6, 6.07) is 5.01. The number of alkyl halides is 3. The van der Waals surface area contributed by atoms with Crippen LogP contribution in [0, 0.1) is 5.41 Å². The number of carbonyl (C=O) groups excluding carboxylic acids is 1. The van der Waals surface area contributed by atoms with Crippen molar-refractivity contribution in [1.29, 1.82) is 0 Å². The lowest BCUT2D eigenvalue weighted by Crippen LogP contribution is -2.51. The molecule has 7 heteroatoms. The Kier molecular flexibility index (Phi) is 4.35. The van der Waals surface area contributed by atoms with E-state index in [9.17, 15) is 18.0 Å². The number of carbonyl (C=O) groups is 1. The molecule has 1 aromatic carbocycles. The number of nitrogens with one attached hydrogen (secondary N) is 1. The first kappa shape index (κ1) is 16.3. The SMILES string of the molecule is CC1(C)CN(C(Cc2cccc(Br)c2)C(F)(F)F)NC1=O. The molecule has 0 radical (unpaired) electrons. The minimum Gasteiger partial charge on any atom is -0.288 e. The van der Waals surface area contributed by atoms with Crippen LogP contribution in [-0.4, -0.2) is 29.7 Å². The van der Waals surface area contributed by atoms with E-state index in [1.54, 1.807) is 38.1 Å². The average molecular weight is 365 g/mol. The molecule has 0 aromatic heterocycles. The highest BCUT2D eigenvalue weighted by Crippen LogP contribution is 2.32. The Morgan fingerprint density at radius 3 is 2.57 bits per heavy atom. The van der Waals surface area contributed by atoms with Gasteiger partial charge in [0.1, 0.15) is 6.04 Å². The monoisotopic (exact) mass is 364 g/mol. The first-order valence-corrected chi connectivity index (χ1v) is 7.28.